The Morgan fingerprint density at radius 3 is 2.23 bits per heavy atom. The minimum absolute atomic E-state index is 0. The summed E-state index contributed by atoms with van der Waals surface area (Å²) in [5.74, 6) is 0.618. The Balaban J connectivity index is 0.000000845. The lowest BCUT2D eigenvalue weighted by molar-refractivity contribution is -0.137. The van der Waals surface area contributed by atoms with Crippen molar-refractivity contribution >= 4 is 18.3 Å². The molecule has 0 radical (unpaired) electrons. The molecular formula is C9H17ClN2O. The molecule has 4 heteroatoms. The lowest BCUT2D eigenvalue weighted by Crippen LogP contribution is -2.45. The van der Waals surface area contributed by atoms with E-state index >= 15 is 0 Å². The number of hydrogen-bond donors (Lipinski definition) is 1. The molecule has 0 aromatic carbocycles. The molecule has 0 atom stereocenters. The maximum atomic E-state index is 11.6. The molecule has 76 valence electrons. The highest BCUT2D eigenvalue weighted by atomic mass is 35.5. The van der Waals surface area contributed by atoms with Crippen molar-refractivity contribution in [2.24, 2.45) is 11.7 Å². The molecule has 1 heterocycles. The van der Waals surface area contributed by atoms with E-state index in [-0.39, 0.29) is 18.3 Å². The molecule has 0 aromatic rings. The van der Waals surface area contributed by atoms with Gasteiger partial charge in [-0.05, 0) is 25.7 Å². The Kier molecular flexibility index (Phi) is 3.56. The van der Waals surface area contributed by atoms with Crippen molar-refractivity contribution in [2.45, 2.75) is 31.7 Å². The third-order valence-electron chi connectivity index (χ3n) is 2.94. The van der Waals surface area contributed by atoms with Gasteiger partial charge in [0.05, 0.1) is 0 Å². The quantitative estimate of drug-likeness (QED) is 0.686. The topological polar surface area (TPSA) is 46.3 Å². The molecule has 1 amide bonds. The number of hydrogen-bond acceptors (Lipinski definition) is 2. The first-order valence-corrected chi connectivity index (χ1v) is 4.82. The van der Waals surface area contributed by atoms with Crippen molar-refractivity contribution in [3.63, 3.8) is 0 Å². The van der Waals surface area contributed by atoms with Crippen molar-refractivity contribution in [1.29, 1.82) is 0 Å². The van der Waals surface area contributed by atoms with Gasteiger partial charge in [0.25, 0.3) is 0 Å². The van der Waals surface area contributed by atoms with Gasteiger partial charge in [-0.25, -0.2) is 0 Å². The Morgan fingerprint density at radius 1 is 1.23 bits per heavy atom. The average Bonchev–Trinajstić information content (AvgIpc) is 2.49. The zero-order chi connectivity index (χ0) is 8.55. The van der Waals surface area contributed by atoms with Crippen LogP contribution in [0.1, 0.15) is 25.7 Å². The molecule has 1 aliphatic carbocycles. The van der Waals surface area contributed by atoms with Crippen LogP contribution in [0.3, 0.4) is 0 Å². The minimum atomic E-state index is 0. The largest absolute Gasteiger partial charge is 0.342 e. The number of halogens is 1. The zero-order valence-electron chi connectivity index (χ0n) is 7.74. The molecule has 0 bridgehead atoms. The van der Waals surface area contributed by atoms with Gasteiger partial charge in [-0.2, -0.15) is 0 Å². The van der Waals surface area contributed by atoms with E-state index in [0.29, 0.717) is 11.9 Å². The molecule has 1 saturated heterocycles. The van der Waals surface area contributed by atoms with Crippen molar-refractivity contribution in [3.05, 3.63) is 0 Å². The summed E-state index contributed by atoms with van der Waals surface area (Å²) in [5, 5.41) is 0. The molecule has 2 rings (SSSR count). The number of carbonyl (C=O) groups is 1. The number of rotatable bonds is 1. The van der Waals surface area contributed by atoms with E-state index in [4.69, 9.17) is 5.73 Å². The SMILES string of the molecule is Cl.NC1CC(C(=O)N2CCCC2)C1. The lowest BCUT2D eigenvalue weighted by Gasteiger charge is -2.34. The molecule has 1 aliphatic heterocycles. The third-order valence-corrected chi connectivity index (χ3v) is 2.94. The highest BCUT2D eigenvalue weighted by Gasteiger charge is 2.35. The molecule has 2 fully saturated rings. The zero-order valence-corrected chi connectivity index (χ0v) is 8.55. The predicted octanol–water partition coefficient (Wildman–Crippen LogP) is 0.768. The Hall–Kier alpha value is -0.280. The number of carbonyl (C=O) groups excluding carboxylic acids is 1. The van der Waals surface area contributed by atoms with Crippen LogP contribution in [0.25, 0.3) is 0 Å². The van der Waals surface area contributed by atoms with E-state index in [1.54, 1.807) is 0 Å². The molecule has 2 aliphatic rings. The number of likely N-dealkylation sites (tertiary alicyclic amines) is 1. The standard InChI is InChI=1S/C9H16N2O.ClH/c10-8-5-7(6-8)9(12)11-3-1-2-4-11;/h7-8H,1-6,10H2;1H. The van der Waals surface area contributed by atoms with E-state index in [0.717, 1.165) is 25.9 Å². The van der Waals surface area contributed by atoms with Crippen LogP contribution >= 0.6 is 12.4 Å². The average molecular weight is 205 g/mol. The maximum absolute atomic E-state index is 11.6. The first kappa shape index (κ1) is 10.8. The van der Waals surface area contributed by atoms with E-state index in [1.165, 1.54) is 12.8 Å². The van der Waals surface area contributed by atoms with Crippen molar-refractivity contribution in [1.82, 2.24) is 4.90 Å². The summed E-state index contributed by atoms with van der Waals surface area (Å²) in [4.78, 5) is 13.6. The first-order valence-electron chi connectivity index (χ1n) is 4.82. The van der Waals surface area contributed by atoms with Crippen LogP contribution in [0.15, 0.2) is 0 Å². The minimum Gasteiger partial charge on any atom is -0.342 e. The van der Waals surface area contributed by atoms with Crippen molar-refractivity contribution in [2.75, 3.05) is 13.1 Å². The van der Waals surface area contributed by atoms with Crippen LogP contribution in [0.4, 0.5) is 0 Å². The summed E-state index contributed by atoms with van der Waals surface area (Å²) >= 11 is 0. The molecule has 3 nitrogen and oxygen atoms in total. The van der Waals surface area contributed by atoms with Gasteiger partial charge in [-0.1, -0.05) is 0 Å². The fourth-order valence-electron chi connectivity index (χ4n) is 2.06. The first-order chi connectivity index (χ1) is 5.77. The highest BCUT2D eigenvalue weighted by Crippen LogP contribution is 2.28. The van der Waals surface area contributed by atoms with Crippen molar-refractivity contribution in [3.8, 4) is 0 Å². The summed E-state index contributed by atoms with van der Waals surface area (Å²) in [6.07, 6.45) is 4.19. The van der Waals surface area contributed by atoms with Crippen LogP contribution in [0.5, 0.6) is 0 Å². The third kappa shape index (κ3) is 2.15. The van der Waals surface area contributed by atoms with Crippen LogP contribution in [-0.2, 0) is 4.79 Å². The second kappa shape index (κ2) is 4.29. The number of nitrogens with zero attached hydrogens (tertiary/aromatic N) is 1. The summed E-state index contributed by atoms with van der Waals surface area (Å²) in [6, 6.07) is 0.293. The predicted molar refractivity (Wildman–Crippen MR) is 53.8 cm³/mol. The summed E-state index contributed by atoms with van der Waals surface area (Å²) in [6.45, 7) is 1.95. The van der Waals surface area contributed by atoms with Gasteiger partial charge in [0.15, 0.2) is 0 Å². The van der Waals surface area contributed by atoms with Crippen molar-refractivity contribution < 1.29 is 4.79 Å². The summed E-state index contributed by atoms with van der Waals surface area (Å²) in [5.41, 5.74) is 5.63. The Labute approximate surface area is 85.1 Å². The van der Waals surface area contributed by atoms with Crippen LogP contribution in [0, 0.1) is 5.92 Å². The van der Waals surface area contributed by atoms with Crippen LogP contribution in [0.2, 0.25) is 0 Å². The molecular weight excluding hydrogens is 188 g/mol. The molecule has 0 unspecified atom stereocenters. The maximum Gasteiger partial charge on any atom is 0.225 e. The lowest BCUT2D eigenvalue weighted by atomic mass is 9.80. The summed E-state index contributed by atoms with van der Waals surface area (Å²) < 4.78 is 0. The van der Waals surface area contributed by atoms with E-state index in [2.05, 4.69) is 0 Å². The van der Waals surface area contributed by atoms with Gasteiger partial charge in [0, 0.05) is 25.0 Å². The van der Waals surface area contributed by atoms with Gasteiger partial charge in [0.1, 0.15) is 0 Å². The van der Waals surface area contributed by atoms with Gasteiger partial charge in [-0.3, -0.25) is 4.79 Å². The highest BCUT2D eigenvalue weighted by molar-refractivity contribution is 5.85. The normalized spacial score (nSPS) is 32.2. The van der Waals surface area contributed by atoms with Gasteiger partial charge in [0.2, 0.25) is 5.91 Å². The smallest absolute Gasteiger partial charge is 0.225 e. The van der Waals surface area contributed by atoms with Gasteiger partial charge < -0.3 is 10.6 Å². The fourth-order valence-corrected chi connectivity index (χ4v) is 2.06. The molecule has 0 aromatic heterocycles. The second-order valence-corrected chi connectivity index (χ2v) is 3.96. The molecule has 13 heavy (non-hydrogen) atoms. The molecule has 2 N–H and O–H groups in total. The Morgan fingerprint density at radius 2 is 1.77 bits per heavy atom. The van der Waals surface area contributed by atoms with E-state index < -0.39 is 0 Å². The van der Waals surface area contributed by atoms with Crippen LogP contribution in [-0.4, -0.2) is 29.9 Å². The second-order valence-electron chi connectivity index (χ2n) is 3.96. The summed E-state index contributed by atoms with van der Waals surface area (Å²) in [7, 11) is 0. The fraction of sp³-hybridized carbons (Fsp3) is 0.889. The molecule has 1 saturated carbocycles. The van der Waals surface area contributed by atoms with E-state index in [9.17, 15) is 4.79 Å². The van der Waals surface area contributed by atoms with Crippen LogP contribution < -0.4 is 5.73 Å². The van der Waals surface area contributed by atoms with E-state index in [1.807, 2.05) is 4.90 Å². The molecule has 0 spiro atoms. The Bertz CT molecular complexity index is 186. The van der Waals surface area contributed by atoms with Gasteiger partial charge in [-0.15, -0.1) is 12.4 Å². The number of amides is 1. The monoisotopic (exact) mass is 204 g/mol. The number of nitrogens with two attached hydrogens (primary N) is 1. The van der Waals surface area contributed by atoms with Gasteiger partial charge >= 0.3 is 0 Å².